The molecule has 0 heterocycles. The third-order valence-corrected chi connectivity index (χ3v) is 4.96. The monoisotopic (exact) mass is 465 g/mol. The summed E-state index contributed by atoms with van der Waals surface area (Å²) in [6, 6.07) is 6.91. The van der Waals surface area contributed by atoms with Gasteiger partial charge < -0.3 is 19.9 Å². The summed E-state index contributed by atoms with van der Waals surface area (Å²) in [6.45, 7) is 2.48. The van der Waals surface area contributed by atoms with Crippen LogP contribution in [0.5, 0.6) is 5.75 Å². The second kappa shape index (κ2) is 10.6. The van der Waals surface area contributed by atoms with E-state index < -0.39 is 15.8 Å². The van der Waals surface area contributed by atoms with Crippen molar-refractivity contribution < 1.29 is 19.4 Å². The van der Waals surface area contributed by atoms with E-state index in [4.69, 9.17) is 16.3 Å². The van der Waals surface area contributed by atoms with Crippen LogP contribution in [0, 0.1) is 20.2 Å². The van der Waals surface area contributed by atoms with E-state index in [1.54, 1.807) is 25.9 Å². The van der Waals surface area contributed by atoms with E-state index in [-0.39, 0.29) is 46.5 Å². The van der Waals surface area contributed by atoms with Crippen LogP contribution < -0.4 is 15.0 Å². The SMILES string of the molecule is CCN(CCNc1ccc(Cl)cc1[N+](=O)[O-])C(=O)c1cc([N+](=O)[O-])c(N(C)C)cc1OC. The topological polar surface area (TPSA) is 131 Å². The second-order valence-electron chi connectivity index (χ2n) is 6.92. The molecule has 0 atom stereocenters. The number of benzene rings is 2. The molecule has 0 radical (unpaired) electrons. The summed E-state index contributed by atoms with van der Waals surface area (Å²) in [5, 5.41) is 25.9. The summed E-state index contributed by atoms with van der Waals surface area (Å²) in [4.78, 5) is 37.8. The van der Waals surface area contributed by atoms with Gasteiger partial charge in [-0.2, -0.15) is 0 Å². The maximum Gasteiger partial charge on any atom is 0.293 e. The summed E-state index contributed by atoms with van der Waals surface area (Å²) >= 11 is 5.82. The van der Waals surface area contributed by atoms with Crippen LogP contribution in [0.3, 0.4) is 0 Å². The van der Waals surface area contributed by atoms with E-state index in [2.05, 4.69) is 5.32 Å². The molecule has 1 N–H and O–H groups in total. The predicted octanol–water partition coefficient (Wildman–Crippen LogP) is 3.81. The fourth-order valence-electron chi connectivity index (χ4n) is 3.10. The Kier molecular flexibility index (Phi) is 8.19. The number of nitro groups is 2. The van der Waals surface area contributed by atoms with Crippen molar-refractivity contribution in [2.24, 2.45) is 0 Å². The van der Waals surface area contributed by atoms with Crippen LogP contribution in [0.1, 0.15) is 17.3 Å². The van der Waals surface area contributed by atoms with Crippen molar-refractivity contribution in [2.75, 3.05) is 51.1 Å². The maximum absolute atomic E-state index is 13.1. The Bertz CT molecular complexity index is 1030. The quantitative estimate of drug-likeness (QED) is 0.414. The van der Waals surface area contributed by atoms with Gasteiger partial charge >= 0.3 is 0 Å². The minimum atomic E-state index is -0.553. The average Bonchev–Trinajstić information content (AvgIpc) is 2.75. The molecule has 1 amide bonds. The number of nitrogens with one attached hydrogen (secondary N) is 1. The molecular formula is C20H24ClN5O6. The van der Waals surface area contributed by atoms with E-state index in [1.165, 1.54) is 42.3 Å². The number of nitro benzene ring substituents is 2. The summed E-state index contributed by atoms with van der Waals surface area (Å²) < 4.78 is 5.31. The first-order valence-electron chi connectivity index (χ1n) is 9.61. The summed E-state index contributed by atoms with van der Waals surface area (Å²) in [6.07, 6.45) is 0. The van der Waals surface area contributed by atoms with Crippen molar-refractivity contribution in [3.63, 3.8) is 0 Å². The molecule has 0 aliphatic rings. The molecule has 0 aliphatic carbocycles. The van der Waals surface area contributed by atoms with Gasteiger partial charge in [0.2, 0.25) is 0 Å². The number of halogens is 1. The molecule has 0 unspecified atom stereocenters. The highest BCUT2D eigenvalue weighted by molar-refractivity contribution is 6.30. The number of nitrogens with zero attached hydrogens (tertiary/aromatic N) is 4. The number of rotatable bonds is 10. The minimum Gasteiger partial charge on any atom is -0.496 e. The van der Waals surface area contributed by atoms with E-state index >= 15 is 0 Å². The number of anilines is 2. The van der Waals surface area contributed by atoms with Gasteiger partial charge in [0.05, 0.1) is 22.5 Å². The lowest BCUT2D eigenvalue weighted by atomic mass is 10.1. The van der Waals surface area contributed by atoms with E-state index in [0.717, 1.165) is 0 Å². The number of likely N-dealkylation sites (N-methyl/N-ethyl adjacent to an activating group) is 1. The molecule has 11 nitrogen and oxygen atoms in total. The normalized spacial score (nSPS) is 10.4. The number of hydrogen-bond donors (Lipinski definition) is 1. The molecule has 0 bridgehead atoms. The summed E-state index contributed by atoms with van der Waals surface area (Å²) in [5.41, 5.74) is 0.243. The third-order valence-electron chi connectivity index (χ3n) is 4.73. The van der Waals surface area contributed by atoms with Gasteiger partial charge in [-0.05, 0) is 19.1 Å². The molecule has 2 rings (SSSR count). The molecular weight excluding hydrogens is 442 g/mol. The lowest BCUT2D eigenvalue weighted by Crippen LogP contribution is -2.35. The number of methoxy groups -OCH3 is 1. The number of ether oxygens (including phenoxy) is 1. The molecule has 32 heavy (non-hydrogen) atoms. The van der Waals surface area contributed by atoms with E-state index in [9.17, 15) is 25.0 Å². The highest BCUT2D eigenvalue weighted by Gasteiger charge is 2.26. The summed E-state index contributed by atoms with van der Waals surface area (Å²) in [7, 11) is 4.70. The van der Waals surface area contributed by atoms with Crippen molar-refractivity contribution in [2.45, 2.75) is 6.92 Å². The van der Waals surface area contributed by atoms with Crippen LogP contribution in [0.4, 0.5) is 22.7 Å². The minimum absolute atomic E-state index is 0.0594. The number of amides is 1. The lowest BCUT2D eigenvalue weighted by Gasteiger charge is -2.23. The first-order chi connectivity index (χ1) is 15.1. The Balaban J connectivity index is 2.25. The Morgan fingerprint density at radius 3 is 2.31 bits per heavy atom. The molecule has 0 saturated carbocycles. The van der Waals surface area contributed by atoms with Crippen LogP contribution in [0.25, 0.3) is 0 Å². The predicted molar refractivity (Wildman–Crippen MR) is 122 cm³/mol. The van der Waals surface area contributed by atoms with Crippen molar-refractivity contribution >= 4 is 40.3 Å². The van der Waals surface area contributed by atoms with Crippen molar-refractivity contribution in [3.05, 3.63) is 61.1 Å². The van der Waals surface area contributed by atoms with Gasteiger partial charge in [0.15, 0.2) is 0 Å². The third kappa shape index (κ3) is 5.55. The zero-order chi connectivity index (χ0) is 24.0. The Morgan fingerprint density at radius 1 is 1.12 bits per heavy atom. The molecule has 172 valence electrons. The Hall–Kier alpha value is -3.60. The molecule has 0 aromatic heterocycles. The van der Waals surface area contributed by atoms with Crippen molar-refractivity contribution in [1.29, 1.82) is 0 Å². The highest BCUT2D eigenvalue weighted by Crippen LogP contribution is 2.35. The zero-order valence-corrected chi connectivity index (χ0v) is 18.9. The molecule has 0 aliphatic heterocycles. The van der Waals surface area contributed by atoms with Crippen LogP contribution in [0.2, 0.25) is 5.02 Å². The fraction of sp³-hybridized carbons (Fsp3) is 0.350. The van der Waals surface area contributed by atoms with Crippen LogP contribution in [-0.2, 0) is 0 Å². The molecule has 12 heteroatoms. The molecule has 0 spiro atoms. The van der Waals surface area contributed by atoms with Gasteiger partial charge in [-0.25, -0.2) is 0 Å². The van der Waals surface area contributed by atoms with E-state index in [0.29, 0.717) is 12.2 Å². The molecule has 0 fully saturated rings. The first kappa shape index (κ1) is 24.7. The number of hydrogen-bond acceptors (Lipinski definition) is 8. The van der Waals surface area contributed by atoms with Crippen molar-refractivity contribution in [3.8, 4) is 5.75 Å². The molecule has 2 aromatic rings. The lowest BCUT2D eigenvalue weighted by molar-refractivity contribution is -0.384. The zero-order valence-electron chi connectivity index (χ0n) is 18.1. The van der Waals surface area contributed by atoms with Gasteiger partial charge in [-0.3, -0.25) is 25.0 Å². The van der Waals surface area contributed by atoms with Crippen LogP contribution in [-0.4, -0.2) is 61.5 Å². The van der Waals surface area contributed by atoms with Gasteiger partial charge in [0, 0.05) is 57.0 Å². The van der Waals surface area contributed by atoms with Gasteiger partial charge in [0.25, 0.3) is 17.3 Å². The fourth-order valence-corrected chi connectivity index (χ4v) is 3.27. The smallest absolute Gasteiger partial charge is 0.293 e. The summed E-state index contributed by atoms with van der Waals surface area (Å²) in [5.74, 6) is -0.241. The number of carbonyl (C=O) groups is 1. The first-order valence-corrected chi connectivity index (χ1v) is 9.99. The van der Waals surface area contributed by atoms with Crippen LogP contribution >= 0.6 is 11.6 Å². The molecule has 0 saturated heterocycles. The Labute approximate surface area is 189 Å². The van der Waals surface area contributed by atoms with Crippen LogP contribution in [0.15, 0.2) is 30.3 Å². The molecule has 2 aromatic carbocycles. The van der Waals surface area contributed by atoms with Crippen molar-refractivity contribution in [1.82, 2.24) is 4.90 Å². The van der Waals surface area contributed by atoms with E-state index in [1.807, 2.05) is 0 Å². The van der Waals surface area contributed by atoms with Gasteiger partial charge in [0.1, 0.15) is 17.1 Å². The van der Waals surface area contributed by atoms with Gasteiger partial charge in [-0.1, -0.05) is 11.6 Å². The standard InChI is InChI=1S/C20H24ClN5O6/c1-5-24(9-8-22-15-7-6-13(21)10-16(15)25(28)29)20(27)14-11-18(26(30)31)17(23(2)3)12-19(14)32-4/h6-7,10-12,22H,5,8-9H2,1-4H3. The highest BCUT2D eigenvalue weighted by atomic mass is 35.5. The Morgan fingerprint density at radius 2 is 1.78 bits per heavy atom. The average molecular weight is 466 g/mol. The largest absolute Gasteiger partial charge is 0.496 e. The maximum atomic E-state index is 13.1. The number of carbonyl (C=O) groups excluding carboxylic acids is 1. The second-order valence-corrected chi connectivity index (χ2v) is 7.36. The van der Waals surface area contributed by atoms with Gasteiger partial charge in [-0.15, -0.1) is 0 Å².